The lowest BCUT2D eigenvalue weighted by Crippen LogP contribution is -2.14. The van der Waals surface area contributed by atoms with Crippen molar-refractivity contribution in [3.63, 3.8) is 0 Å². The zero-order chi connectivity index (χ0) is 12.0. The number of aromatic nitrogens is 2. The molecule has 0 amide bonds. The van der Waals surface area contributed by atoms with Crippen molar-refractivity contribution >= 4 is 5.97 Å². The Morgan fingerprint density at radius 2 is 2.38 bits per heavy atom. The minimum Gasteiger partial charge on any atom is -0.464 e. The van der Waals surface area contributed by atoms with Crippen LogP contribution < -0.4 is 0 Å². The van der Waals surface area contributed by atoms with Crippen LogP contribution >= 0.6 is 0 Å². The van der Waals surface area contributed by atoms with Gasteiger partial charge in [0.15, 0.2) is 0 Å². The standard InChI is InChI=1S/C10H12F2N2O2/c1-8-13-4-5-14(8)7-10(15)16-6-2-3-9(11)12/h3-5H,2,6-7H2,1H3. The van der Waals surface area contributed by atoms with Crippen LogP contribution in [-0.2, 0) is 16.1 Å². The van der Waals surface area contributed by atoms with Crippen LogP contribution in [0.3, 0.4) is 0 Å². The van der Waals surface area contributed by atoms with E-state index in [2.05, 4.69) is 4.98 Å². The molecule has 88 valence electrons. The van der Waals surface area contributed by atoms with Crippen LogP contribution in [0.25, 0.3) is 0 Å². The number of esters is 1. The third-order valence-electron chi connectivity index (χ3n) is 1.90. The zero-order valence-corrected chi connectivity index (χ0v) is 8.82. The van der Waals surface area contributed by atoms with Crippen molar-refractivity contribution in [1.82, 2.24) is 9.55 Å². The van der Waals surface area contributed by atoms with Crippen LogP contribution in [0, 0.1) is 6.92 Å². The summed E-state index contributed by atoms with van der Waals surface area (Å²) in [5.74, 6) is 0.236. The summed E-state index contributed by atoms with van der Waals surface area (Å²) in [5.41, 5.74) is 0. The van der Waals surface area contributed by atoms with Gasteiger partial charge in [0, 0.05) is 18.8 Å². The molecule has 0 radical (unpaired) electrons. The maximum atomic E-state index is 11.6. The topological polar surface area (TPSA) is 44.1 Å². The first-order chi connectivity index (χ1) is 7.59. The first-order valence-electron chi connectivity index (χ1n) is 4.74. The van der Waals surface area contributed by atoms with Crippen molar-refractivity contribution in [1.29, 1.82) is 0 Å². The van der Waals surface area contributed by atoms with E-state index in [-0.39, 0.29) is 19.6 Å². The number of hydrogen-bond acceptors (Lipinski definition) is 3. The van der Waals surface area contributed by atoms with Crippen LogP contribution in [0.15, 0.2) is 24.6 Å². The molecule has 0 saturated heterocycles. The second-order valence-corrected chi connectivity index (χ2v) is 3.11. The molecule has 4 nitrogen and oxygen atoms in total. The van der Waals surface area contributed by atoms with Gasteiger partial charge in [-0.3, -0.25) is 4.79 Å². The maximum Gasteiger partial charge on any atom is 0.326 e. The molecule has 1 aromatic heterocycles. The molecule has 0 aliphatic rings. The van der Waals surface area contributed by atoms with Crippen LogP contribution in [0.4, 0.5) is 8.78 Å². The molecule has 6 heteroatoms. The lowest BCUT2D eigenvalue weighted by Gasteiger charge is -2.05. The Kier molecular flexibility index (Phi) is 4.63. The highest BCUT2D eigenvalue weighted by atomic mass is 19.3. The summed E-state index contributed by atoms with van der Waals surface area (Å²) in [7, 11) is 0. The molecule has 0 aromatic carbocycles. The fraction of sp³-hybridized carbons (Fsp3) is 0.400. The summed E-state index contributed by atoms with van der Waals surface area (Å²) in [5, 5.41) is 0. The van der Waals surface area contributed by atoms with Gasteiger partial charge in [0.1, 0.15) is 12.4 Å². The maximum absolute atomic E-state index is 11.6. The van der Waals surface area contributed by atoms with Crippen LogP contribution in [0.2, 0.25) is 0 Å². The number of imidazole rings is 1. The van der Waals surface area contributed by atoms with Crippen molar-refractivity contribution in [2.45, 2.75) is 19.9 Å². The number of carbonyl (C=O) groups excluding carboxylic acids is 1. The van der Waals surface area contributed by atoms with E-state index in [1.807, 2.05) is 0 Å². The lowest BCUT2D eigenvalue weighted by molar-refractivity contribution is -0.144. The van der Waals surface area contributed by atoms with Gasteiger partial charge in [0.25, 0.3) is 6.08 Å². The summed E-state index contributed by atoms with van der Waals surface area (Å²) in [6.07, 6.45) is 2.20. The van der Waals surface area contributed by atoms with Gasteiger partial charge in [0.05, 0.1) is 6.61 Å². The molecule has 0 spiro atoms. The highest BCUT2D eigenvalue weighted by Crippen LogP contribution is 2.00. The molecule has 1 heterocycles. The van der Waals surface area contributed by atoms with Gasteiger partial charge < -0.3 is 9.30 Å². The number of carbonyl (C=O) groups is 1. The lowest BCUT2D eigenvalue weighted by atomic mass is 10.4. The Labute approximate surface area is 91.5 Å². The van der Waals surface area contributed by atoms with Gasteiger partial charge in [-0.25, -0.2) is 4.98 Å². The molecule has 0 unspecified atom stereocenters. The Hall–Kier alpha value is -1.72. The average molecular weight is 230 g/mol. The van der Waals surface area contributed by atoms with Gasteiger partial charge in [-0.05, 0) is 13.0 Å². The van der Waals surface area contributed by atoms with E-state index >= 15 is 0 Å². The van der Waals surface area contributed by atoms with Crippen molar-refractivity contribution in [3.8, 4) is 0 Å². The minimum atomic E-state index is -1.76. The summed E-state index contributed by atoms with van der Waals surface area (Å²) in [4.78, 5) is 15.2. The Morgan fingerprint density at radius 3 is 2.94 bits per heavy atom. The van der Waals surface area contributed by atoms with Gasteiger partial charge >= 0.3 is 5.97 Å². The second kappa shape index (κ2) is 5.99. The van der Waals surface area contributed by atoms with E-state index < -0.39 is 12.0 Å². The fourth-order valence-corrected chi connectivity index (χ4v) is 1.10. The minimum absolute atomic E-state index is 0.0248. The number of nitrogens with zero attached hydrogens (tertiary/aromatic N) is 2. The highest BCUT2D eigenvalue weighted by Gasteiger charge is 2.05. The molecule has 1 rings (SSSR count). The first-order valence-corrected chi connectivity index (χ1v) is 4.74. The van der Waals surface area contributed by atoms with Crippen LogP contribution in [0.1, 0.15) is 12.2 Å². The highest BCUT2D eigenvalue weighted by molar-refractivity contribution is 5.69. The quantitative estimate of drug-likeness (QED) is 0.573. The van der Waals surface area contributed by atoms with Crippen molar-refractivity contribution < 1.29 is 18.3 Å². The molecule has 0 bridgehead atoms. The smallest absolute Gasteiger partial charge is 0.326 e. The summed E-state index contributed by atoms with van der Waals surface area (Å²) >= 11 is 0. The normalized spacial score (nSPS) is 9.94. The van der Waals surface area contributed by atoms with Crippen LogP contribution in [-0.4, -0.2) is 22.1 Å². The summed E-state index contributed by atoms with van der Waals surface area (Å²) in [6.45, 7) is 1.77. The Morgan fingerprint density at radius 1 is 1.62 bits per heavy atom. The van der Waals surface area contributed by atoms with Gasteiger partial charge in [-0.2, -0.15) is 8.78 Å². The molecule has 0 saturated carbocycles. The molecular formula is C10H12F2N2O2. The van der Waals surface area contributed by atoms with Crippen molar-refractivity contribution in [2.75, 3.05) is 6.61 Å². The van der Waals surface area contributed by atoms with E-state index in [0.717, 1.165) is 6.08 Å². The predicted octanol–water partition coefficient (Wildman–Crippen LogP) is 1.91. The third kappa shape index (κ3) is 4.20. The number of hydrogen-bond donors (Lipinski definition) is 0. The molecule has 0 aliphatic carbocycles. The third-order valence-corrected chi connectivity index (χ3v) is 1.90. The van der Waals surface area contributed by atoms with E-state index in [1.165, 1.54) is 0 Å². The van der Waals surface area contributed by atoms with Gasteiger partial charge in [-0.1, -0.05) is 0 Å². The monoisotopic (exact) mass is 230 g/mol. The molecule has 0 N–H and O–H groups in total. The zero-order valence-electron chi connectivity index (χ0n) is 8.82. The number of rotatable bonds is 5. The number of ether oxygens (including phenoxy) is 1. The SMILES string of the molecule is Cc1nccn1CC(=O)OCCC=C(F)F. The largest absolute Gasteiger partial charge is 0.464 e. The van der Waals surface area contributed by atoms with Crippen molar-refractivity contribution in [3.05, 3.63) is 30.4 Å². The number of aryl methyl sites for hydroxylation is 1. The van der Waals surface area contributed by atoms with Crippen LogP contribution in [0.5, 0.6) is 0 Å². The summed E-state index contributed by atoms with van der Waals surface area (Å²) < 4.78 is 29.6. The van der Waals surface area contributed by atoms with Gasteiger partial charge in [-0.15, -0.1) is 0 Å². The van der Waals surface area contributed by atoms with E-state index in [0.29, 0.717) is 5.82 Å². The predicted molar refractivity (Wildman–Crippen MR) is 52.8 cm³/mol. The van der Waals surface area contributed by atoms with E-state index in [4.69, 9.17) is 4.74 Å². The molecule has 16 heavy (non-hydrogen) atoms. The molecule has 0 aliphatic heterocycles. The average Bonchev–Trinajstić information content (AvgIpc) is 2.59. The second-order valence-electron chi connectivity index (χ2n) is 3.11. The Bertz CT molecular complexity index is 384. The molecule has 0 fully saturated rings. The van der Waals surface area contributed by atoms with E-state index in [1.54, 1.807) is 23.9 Å². The molecule has 1 aromatic rings. The molecular weight excluding hydrogens is 218 g/mol. The summed E-state index contributed by atoms with van der Waals surface area (Å²) in [6, 6.07) is 0. The Balaban J connectivity index is 2.27. The van der Waals surface area contributed by atoms with Gasteiger partial charge in [0.2, 0.25) is 0 Å². The fourth-order valence-electron chi connectivity index (χ4n) is 1.10. The molecule has 0 atom stereocenters. The van der Waals surface area contributed by atoms with Crippen molar-refractivity contribution in [2.24, 2.45) is 0 Å². The van der Waals surface area contributed by atoms with E-state index in [9.17, 15) is 13.6 Å². The number of halogens is 2. The first kappa shape index (κ1) is 12.4.